The van der Waals surface area contributed by atoms with Crippen LogP contribution in [0.5, 0.6) is 0 Å². The molecule has 4 fully saturated rings. The van der Waals surface area contributed by atoms with Crippen molar-refractivity contribution in [3.8, 4) is 0 Å². The maximum absolute atomic E-state index is 13.4. The number of aliphatic hydroxyl groups is 1. The Balaban J connectivity index is 1.30. The molecule has 0 radical (unpaired) electrons. The Kier molecular flexibility index (Phi) is 10.2. The molecule has 6 nitrogen and oxygen atoms in total. The molecule has 4 rings (SSSR count). The fraction of sp³-hybridized carbons (Fsp3) is 0.938. The van der Waals surface area contributed by atoms with Crippen LogP contribution in [0.2, 0.25) is 0 Å². The van der Waals surface area contributed by atoms with Crippen molar-refractivity contribution in [2.24, 2.45) is 46.8 Å². The molecule has 4 aliphatic rings. The van der Waals surface area contributed by atoms with E-state index in [0.29, 0.717) is 48.3 Å². The van der Waals surface area contributed by atoms with Crippen molar-refractivity contribution in [2.45, 2.75) is 136 Å². The number of esters is 2. The zero-order chi connectivity index (χ0) is 27.4. The predicted molar refractivity (Wildman–Crippen MR) is 147 cm³/mol. The van der Waals surface area contributed by atoms with Crippen LogP contribution in [-0.4, -0.2) is 42.1 Å². The lowest BCUT2D eigenvalue weighted by molar-refractivity contribution is -0.171. The van der Waals surface area contributed by atoms with E-state index < -0.39 is 18.1 Å². The number of fused-ring (bicyclic) bond motifs is 2. The number of hydrogen-bond acceptors (Lipinski definition) is 6. The van der Waals surface area contributed by atoms with Gasteiger partial charge in [-0.2, -0.15) is 0 Å². The molecule has 0 aromatic heterocycles. The van der Waals surface area contributed by atoms with Crippen LogP contribution in [0, 0.1) is 46.8 Å². The summed E-state index contributed by atoms with van der Waals surface area (Å²) in [5, 5.41) is 10.2. The average molecular weight is 535 g/mol. The highest BCUT2D eigenvalue weighted by atomic mass is 16.7. The summed E-state index contributed by atoms with van der Waals surface area (Å²) in [6.45, 7) is 11.1. The van der Waals surface area contributed by atoms with Crippen LogP contribution in [0.3, 0.4) is 0 Å². The summed E-state index contributed by atoms with van der Waals surface area (Å²) in [5.41, 5.74) is 0.328. The van der Waals surface area contributed by atoms with Gasteiger partial charge in [0.1, 0.15) is 6.10 Å². The molecule has 8 atom stereocenters. The molecule has 0 spiro atoms. The average Bonchev–Trinajstić information content (AvgIpc) is 3.47. The molecule has 0 saturated heterocycles. The molecule has 4 aliphatic carbocycles. The third kappa shape index (κ3) is 7.53. The predicted octanol–water partition coefficient (Wildman–Crippen LogP) is 6.67. The monoisotopic (exact) mass is 534 g/mol. The largest absolute Gasteiger partial charge is 0.459 e. The van der Waals surface area contributed by atoms with Crippen LogP contribution in [0.15, 0.2) is 0 Å². The highest BCUT2D eigenvalue weighted by Crippen LogP contribution is 2.54. The van der Waals surface area contributed by atoms with Crippen molar-refractivity contribution in [1.29, 1.82) is 0 Å². The first-order chi connectivity index (χ1) is 18.0. The summed E-state index contributed by atoms with van der Waals surface area (Å²) >= 11 is 0. The fourth-order valence-electron chi connectivity index (χ4n) is 8.13. The van der Waals surface area contributed by atoms with Crippen LogP contribution in [0.1, 0.15) is 118 Å². The molecule has 0 aromatic rings. The number of hydrogen-bond donors (Lipinski definition) is 1. The van der Waals surface area contributed by atoms with Gasteiger partial charge in [-0.1, -0.05) is 41.0 Å². The molecule has 1 N–H and O–H groups in total. The van der Waals surface area contributed by atoms with Crippen LogP contribution >= 0.6 is 0 Å². The van der Waals surface area contributed by atoms with E-state index in [0.717, 1.165) is 50.9 Å². The Labute approximate surface area is 230 Å². The molecular weight excluding hydrogens is 480 g/mol. The Morgan fingerprint density at radius 2 is 1.61 bits per heavy atom. The maximum atomic E-state index is 13.4. The molecule has 2 bridgehead atoms. The van der Waals surface area contributed by atoms with Gasteiger partial charge in [-0.05, 0) is 112 Å². The van der Waals surface area contributed by atoms with Gasteiger partial charge in [-0.3, -0.25) is 9.59 Å². The van der Waals surface area contributed by atoms with Gasteiger partial charge in [0.05, 0.1) is 24.0 Å². The van der Waals surface area contributed by atoms with Crippen molar-refractivity contribution in [2.75, 3.05) is 6.79 Å². The molecule has 4 saturated carbocycles. The van der Waals surface area contributed by atoms with Crippen molar-refractivity contribution in [3.05, 3.63) is 0 Å². The third-order valence-electron chi connectivity index (χ3n) is 10.8. The zero-order valence-electron chi connectivity index (χ0n) is 24.7. The van der Waals surface area contributed by atoms with Crippen molar-refractivity contribution in [1.82, 2.24) is 0 Å². The van der Waals surface area contributed by atoms with Gasteiger partial charge in [0.25, 0.3) is 0 Å². The molecule has 38 heavy (non-hydrogen) atoms. The van der Waals surface area contributed by atoms with Gasteiger partial charge >= 0.3 is 11.9 Å². The van der Waals surface area contributed by atoms with Gasteiger partial charge in [0.15, 0.2) is 6.79 Å². The molecule has 6 heteroatoms. The summed E-state index contributed by atoms with van der Waals surface area (Å²) in [5.74, 6) is 2.05. The second-order valence-corrected chi connectivity index (χ2v) is 14.3. The van der Waals surface area contributed by atoms with Crippen LogP contribution in [0.25, 0.3) is 0 Å². The minimum Gasteiger partial charge on any atom is -0.459 e. The first kappa shape index (κ1) is 29.8. The summed E-state index contributed by atoms with van der Waals surface area (Å²) < 4.78 is 17.4. The van der Waals surface area contributed by atoms with E-state index in [1.54, 1.807) is 0 Å². The molecule has 0 amide bonds. The highest BCUT2D eigenvalue weighted by molar-refractivity contribution is 5.76. The zero-order valence-corrected chi connectivity index (χ0v) is 24.7. The van der Waals surface area contributed by atoms with Gasteiger partial charge in [-0.25, -0.2) is 0 Å². The summed E-state index contributed by atoms with van der Waals surface area (Å²) in [4.78, 5) is 26.3. The molecule has 0 heterocycles. The SMILES string of the molecule is CC(CC(CC1C2CCC(C2)C1C)C(=O)OCOC1CCC(C(C)(C)C)CC1)C(=O)OC1CCCCC1O. The van der Waals surface area contributed by atoms with E-state index in [9.17, 15) is 14.7 Å². The Morgan fingerprint density at radius 1 is 0.921 bits per heavy atom. The summed E-state index contributed by atoms with van der Waals surface area (Å²) in [6, 6.07) is 0. The molecule has 218 valence electrons. The lowest BCUT2D eigenvalue weighted by atomic mass is 9.72. The van der Waals surface area contributed by atoms with E-state index in [-0.39, 0.29) is 30.8 Å². The molecule has 8 unspecified atom stereocenters. The first-order valence-electron chi connectivity index (χ1n) is 15.7. The van der Waals surface area contributed by atoms with Crippen LogP contribution < -0.4 is 0 Å². The third-order valence-corrected chi connectivity index (χ3v) is 10.8. The maximum Gasteiger partial charge on any atom is 0.311 e. The highest BCUT2D eigenvalue weighted by Gasteiger charge is 2.46. The second kappa shape index (κ2) is 13.0. The summed E-state index contributed by atoms with van der Waals surface area (Å²) in [7, 11) is 0. The molecular formula is C32H54O6. The van der Waals surface area contributed by atoms with E-state index in [4.69, 9.17) is 14.2 Å². The van der Waals surface area contributed by atoms with Gasteiger partial charge < -0.3 is 19.3 Å². The lowest BCUT2D eigenvalue weighted by Crippen LogP contribution is -2.36. The standard InChI is InChI=1S/C32H54O6/c1-20(30(34)38-29-9-7-6-8-28(29)33)16-24(18-27-21(2)22-10-11-23(27)17-22)31(35)37-19-36-26-14-12-25(13-15-26)32(3,4)5/h20-29,33H,6-19H2,1-5H3. The topological polar surface area (TPSA) is 82.1 Å². The first-order valence-corrected chi connectivity index (χ1v) is 15.7. The normalized spacial score (nSPS) is 37.0. The van der Waals surface area contributed by atoms with Crippen LogP contribution in [0.4, 0.5) is 0 Å². The Hall–Kier alpha value is -1.14. The minimum atomic E-state index is -0.578. The smallest absolute Gasteiger partial charge is 0.311 e. The van der Waals surface area contributed by atoms with Gasteiger partial charge in [0.2, 0.25) is 0 Å². The number of carbonyl (C=O) groups is 2. The van der Waals surface area contributed by atoms with Crippen molar-refractivity contribution < 1.29 is 28.9 Å². The fourth-order valence-corrected chi connectivity index (χ4v) is 8.13. The van der Waals surface area contributed by atoms with E-state index in [2.05, 4.69) is 27.7 Å². The molecule has 0 aliphatic heterocycles. The lowest BCUT2D eigenvalue weighted by Gasteiger charge is -2.36. The van der Waals surface area contributed by atoms with E-state index in [1.165, 1.54) is 19.3 Å². The van der Waals surface area contributed by atoms with E-state index >= 15 is 0 Å². The second-order valence-electron chi connectivity index (χ2n) is 14.3. The Bertz CT molecular complexity index is 779. The quantitative estimate of drug-likeness (QED) is 0.249. The molecule has 0 aromatic carbocycles. The van der Waals surface area contributed by atoms with E-state index in [1.807, 2.05) is 6.92 Å². The minimum absolute atomic E-state index is 0.000444. The van der Waals surface area contributed by atoms with Gasteiger partial charge in [-0.15, -0.1) is 0 Å². The number of ether oxygens (including phenoxy) is 3. The van der Waals surface area contributed by atoms with Gasteiger partial charge in [0, 0.05) is 0 Å². The van der Waals surface area contributed by atoms with Crippen molar-refractivity contribution >= 4 is 11.9 Å². The Morgan fingerprint density at radius 3 is 2.24 bits per heavy atom. The van der Waals surface area contributed by atoms with Crippen LogP contribution in [-0.2, 0) is 23.8 Å². The summed E-state index contributed by atoms with van der Waals surface area (Å²) in [6.07, 6.45) is 11.9. The number of aliphatic hydroxyl groups excluding tert-OH is 1. The number of rotatable bonds is 10. The van der Waals surface area contributed by atoms with Crippen molar-refractivity contribution in [3.63, 3.8) is 0 Å². The number of carbonyl (C=O) groups excluding carboxylic acids is 2.